The number of ether oxygens (including phenoxy) is 1. The first kappa shape index (κ1) is 13.0. The molecule has 4 rings (SSSR count). The van der Waals surface area contributed by atoms with E-state index in [0.29, 0.717) is 6.54 Å². The first-order chi connectivity index (χ1) is 10.7. The number of methoxy groups -OCH3 is 1. The number of hydrogen-bond donors (Lipinski definition) is 0. The number of amides is 1. The Kier molecular flexibility index (Phi) is 2.73. The van der Waals surface area contributed by atoms with Crippen LogP contribution in [0.25, 0.3) is 10.9 Å². The molecule has 0 atom stereocenters. The molecule has 2 heterocycles. The molecule has 0 bridgehead atoms. The van der Waals surface area contributed by atoms with Crippen molar-refractivity contribution < 1.29 is 9.53 Å². The van der Waals surface area contributed by atoms with Gasteiger partial charge in [-0.05, 0) is 35.7 Å². The molecule has 0 fully saturated rings. The average molecular weight is 292 g/mol. The highest BCUT2D eigenvalue weighted by molar-refractivity contribution is 6.11. The summed E-state index contributed by atoms with van der Waals surface area (Å²) >= 11 is 0. The van der Waals surface area contributed by atoms with Crippen LogP contribution in [0.3, 0.4) is 0 Å². The number of nitrogens with zero attached hydrogens (tertiary/aromatic N) is 2. The van der Waals surface area contributed by atoms with Gasteiger partial charge in [-0.3, -0.25) is 4.79 Å². The topological polar surface area (TPSA) is 34.5 Å². The van der Waals surface area contributed by atoms with Gasteiger partial charge >= 0.3 is 0 Å². The lowest BCUT2D eigenvalue weighted by Gasteiger charge is -2.16. The minimum absolute atomic E-state index is 0.0301. The molecule has 0 saturated carbocycles. The molecule has 0 aliphatic carbocycles. The molecule has 4 heteroatoms. The second kappa shape index (κ2) is 4.63. The molecule has 1 aromatic heterocycles. The van der Waals surface area contributed by atoms with Gasteiger partial charge in [0.2, 0.25) is 0 Å². The molecule has 22 heavy (non-hydrogen) atoms. The van der Waals surface area contributed by atoms with Gasteiger partial charge < -0.3 is 14.2 Å². The summed E-state index contributed by atoms with van der Waals surface area (Å²) in [5, 5.41) is 1.17. The van der Waals surface area contributed by atoms with Crippen molar-refractivity contribution in [2.45, 2.75) is 6.54 Å². The standard InChI is InChI=1S/C18H16N2O2/c1-19-9-8-12-6-7-13(10-16(12)19)20-11-15-14(18(20)21)4-3-5-17(15)22-2/h3-10H,11H2,1-2H3. The largest absolute Gasteiger partial charge is 0.496 e. The maximum Gasteiger partial charge on any atom is 0.259 e. The molecule has 0 saturated heterocycles. The number of carbonyl (C=O) groups excluding carboxylic acids is 1. The maximum absolute atomic E-state index is 12.7. The Morgan fingerprint density at radius 3 is 2.82 bits per heavy atom. The van der Waals surface area contributed by atoms with Crippen LogP contribution < -0.4 is 9.64 Å². The summed E-state index contributed by atoms with van der Waals surface area (Å²) in [7, 11) is 3.65. The Morgan fingerprint density at radius 1 is 1.14 bits per heavy atom. The molecule has 0 spiro atoms. The van der Waals surface area contributed by atoms with Crippen LogP contribution in [0, 0.1) is 0 Å². The molecule has 2 aromatic carbocycles. The number of aromatic nitrogens is 1. The highest BCUT2D eigenvalue weighted by atomic mass is 16.5. The summed E-state index contributed by atoms with van der Waals surface area (Å²) in [6, 6.07) is 13.8. The fourth-order valence-electron chi connectivity index (χ4n) is 3.12. The summed E-state index contributed by atoms with van der Waals surface area (Å²) in [6.07, 6.45) is 2.03. The average Bonchev–Trinajstić information content (AvgIpc) is 3.08. The van der Waals surface area contributed by atoms with Crippen molar-refractivity contribution in [1.82, 2.24) is 4.57 Å². The lowest BCUT2D eigenvalue weighted by atomic mass is 10.1. The van der Waals surface area contributed by atoms with Crippen molar-refractivity contribution in [3.8, 4) is 5.75 Å². The van der Waals surface area contributed by atoms with Crippen molar-refractivity contribution >= 4 is 22.5 Å². The van der Waals surface area contributed by atoms with Crippen LogP contribution in [0.1, 0.15) is 15.9 Å². The first-order valence-corrected chi connectivity index (χ1v) is 7.22. The second-order valence-corrected chi connectivity index (χ2v) is 5.55. The number of fused-ring (bicyclic) bond motifs is 2. The van der Waals surface area contributed by atoms with Crippen molar-refractivity contribution in [3.63, 3.8) is 0 Å². The van der Waals surface area contributed by atoms with Crippen LogP contribution in [0.2, 0.25) is 0 Å². The van der Waals surface area contributed by atoms with Gasteiger partial charge in [0.1, 0.15) is 5.75 Å². The number of aryl methyl sites for hydroxylation is 1. The van der Waals surface area contributed by atoms with Gasteiger partial charge in [0.05, 0.1) is 13.7 Å². The lowest BCUT2D eigenvalue weighted by molar-refractivity contribution is 0.0996. The van der Waals surface area contributed by atoms with E-state index < -0.39 is 0 Å². The van der Waals surface area contributed by atoms with Gasteiger partial charge in [0.15, 0.2) is 0 Å². The van der Waals surface area contributed by atoms with E-state index in [1.807, 2.05) is 37.5 Å². The zero-order valence-electron chi connectivity index (χ0n) is 12.5. The van der Waals surface area contributed by atoms with Gasteiger partial charge in [-0.25, -0.2) is 0 Å². The summed E-state index contributed by atoms with van der Waals surface area (Å²) in [4.78, 5) is 14.5. The van der Waals surface area contributed by atoms with Crippen LogP contribution >= 0.6 is 0 Å². The van der Waals surface area contributed by atoms with Crippen LogP contribution in [-0.4, -0.2) is 17.6 Å². The monoisotopic (exact) mass is 292 g/mol. The zero-order valence-corrected chi connectivity index (χ0v) is 12.5. The predicted molar refractivity (Wildman–Crippen MR) is 86.4 cm³/mol. The number of carbonyl (C=O) groups is 1. The van der Waals surface area contributed by atoms with E-state index in [2.05, 4.69) is 22.8 Å². The van der Waals surface area contributed by atoms with Gasteiger partial charge in [-0.1, -0.05) is 12.1 Å². The Bertz CT molecular complexity index is 895. The number of anilines is 1. The van der Waals surface area contributed by atoms with Crippen LogP contribution in [0.4, 0.5) is 5.69 Å². The smallest absolute Gasteiger partial charge is 0.259 e. The fourth-order valence-corrected chi connectivity index (χ4v) is 3.12. The van der Waals surface area contributed by atoms with Crippen LogP contribution in [0.15, 0.2) is 48.7 Å². The molecule has 1 aliphatic heterocycles. The van der Waals surface area contributed by atoms with Gasteiger partial charge in [0.25, 0.3) is 5.91 Å². The minimum Gasteiger partial charge on any atom is -0.496 e. The number of benzene rings is 2. The summed E-state index contributed by atoms with van der Waals surface area (Å²) in [5.41, 5.74) is 3.72. The van der Waals surface area contributed by atoms with E-state index in [1.165, 1.54) is 5.39 Å². The van der Waals surface area contributed by atoms with Crippen LogP contribution in [0.5, 0.6) is 5.75 Å². The third kappa shape index (κ3) is 1.73. The Labute approximate surface area is 128 Å². The van der Waals surface area contributed by atoms with Crippen molar-refractivity contribution in [1.29, 1.82) is 0 Å². The van der Waals surface area contributed by atoms with E-state index in [1.54, 1.807) is 12.0 Å². The molecule has 0 N–H and O–H groups in total. The van der Waals surface area contributed by atoms with E-state index in [9.17, 15) is 4.79 Å². The number of hydrogen-bond acceptors (Lipinski definition) is 2. The second-order valence-electron chi connectivity index (χ2n) is 5.55. The summed E-state index contributed by atoms with van der Waals surface area (Å²) in [6.45, 7) is 0.550. The summed E-state index contributed by atoms with van der Waals surface area (Å²) < 4.78 is 7.45. The van der Waals surface area contributed by atoms with Gasteiger partial charge in [0, 0.05) is 35.6 Å². The molecule has 1 aliphatic rings. The third-order valence-electron chi connectivity index (χ3n) is 4.33. The minimum atomic E-state index is 0.0301. The first-order valence-electron chi connectivity index (χ1n) is 7.22. The molecule has 3 aromatic rings. The van der Waals surface area contributed by atoms with E-state index in [0.717, 1.165) is 28.1 Å². The normalized spacial score (nSPS) is 13.7. The van der Waals surface area contributed by atoms with Gasteiger partial charge in [-0.2, -0.15) is 0 Å². The maximum atomic E-state index is 12.7. The van der Waals surface area contributed by atoms with E-state index >= 15 is 0 Å². The van der Waals surface area contributed by atoms with Gasteiger partial charge in [-0.15, -0.1) is 0 Å². The molecule has 110 valence electrons. The highest BCUT2D eigenvalue weighted by Crippen LogP contribution is 2.34. The van der Waals surface area contributed by atoms with E-state index in [-0.39, 0.29) is 5.91 Å². The molecule has 0 unspecified atom stereocenters. The number of rotatable bonds is 2. The van der Waals surface area contributed by atoms with Crippen molar-refractivity contribution in [2.75, 3.05) is 12.0 Å². The molecular weight excluding hydrogens is 276 g/mol. The summed E-state index contributed by atoms with van der Waals surface area (Å²) in [5.74, 6) is 0.802. The Hall–Kier alpha value is -2.75. The molecular formula is C18H16N2O2. The Balaban J connectivity index is 1.80. The lowest BCUT2D eigenvalue weighted by Crippen LogP contribution is -2.22. The molecule has 4 nitrogen and oxygen atoms in total. The molecule has 1 amide bonds. The zero-order chi connectivity index (χ0) is 15.3. The fraction of sp³-hybridized carbons (Fsp3) is 0.167. The molecule has 0 radical (unpaired) electrons. The predicted octanol–water partition coefficient (Wildman–Crippen LogP) is 3.35. The SMILES string of the molecule is COc1cccc2c1CN(c1ccc3ccn(C)c3c1)C2=O. The third-order valence-corrected chi connectivity index (χ3v) is 4.33. The highest BCUT2D eigenvalue weighted by Gasteiger charge is 2.30. The Morgan fingerprint density at radius 2 is 2.00 bits per heavy atom. The quantitative estimate of drug-likeness (QED) is 0.726. The van der Waals surface area contributed by atoms with Crippen LogP contribution in [-0.2, 0) is 13.6 Å². The van der Waals surface area contributed by atoms with Crippen molar-refractivity contribution in [2.24, 2.45) is 7.05 Å². The van der Waals surface area contributed by atoms with E-state index in [4.69, 9.17) is 4.74 Å². The van der Waals surface area contributed by atoms with Crippen molar-refractivity contribution in [3.05, 3.63) is 59.8 Å².